The minimum absolute atomic E-state index is 0.0212. The molecule has 1 amide bonds. The lowest BCUT2D eigenvalue weighted by Crippen LogP contribution is -2.25. The van der Waals surface area contributed by atoms with E-state index < -0.39 is 0 Å². The first-order valence-corrected chi connectivity index (χ1v) is 5.66. The molecule has 0 radical (unpaired) electrons. The quantitative estimate of drug-likeness (QED) is 0.787. The number of benzene rings is 1. The molecule has 17 heavy (non-hydrogen) atoms. The van der Waals surface area contributed by atoms with E-state index in [1.165, 1.54) is 6.92 Å². The Balaban J connectivity index is 2.11. The Morgan fingerprint density at radius 1 is 1.35 bits per heavy atom. The Labute approximate surface area is 100.0 Å². The van der Waals surface area contributed by atoms with Crippen LogP contribution in [0.25, 0.3) is 0 Å². The zero-order chi connectivity index (χ0) is 12.3. The molecule has 1 fully saturated rings. The number of amides is 1. The fourth-order valence-electron chi connectivity index (χ4n) is 1.79. The highest BCUT2D eigenvalue weighted by Gasteiger charge is 2.17. The van der Waals surface area contributed by atoms with Crippen LogP contribution in [-0.2, 0) is 9.53 Å². The van der Waals surface area contributed by atoms with Crippen LogP contribution in [0.5, 0.6) is 0 Å². The van der Waals surface area contributed by atoms with Gasteiger partial charge in [0.2, 0.25) is 5.91 Å². The molecule has 2 rings (SSSR count). The van der Waals surface area contributed by atoms with Crippen LogP contribution < -0.4 is 5.32 Å². The molecule has 1 aromatic rings. The van der Waals surface area contributed by atoms with Crippen LogP contribution in [0.1, 0.15) is 35.4 Å². The summed E-state index contributed by atoms with van der Waals surface area (Å²) in [6, 6.07) is 7.32. The van der Waals surface area contributed by atoms with Gasteiger partial charge in [0, 0.05) is 18.5 Å². The van der Waals surface area contributed by atoms with E-state index in [1.807, 2.05) is 12.1 Å². The molecule has 0 spiro atoms. The topological polar surface area (TPSA) is 55.4 Å². The number of nitrogens with one attached hydrogen (secondary N) is 1. The summed E-state index contributed by atoms with van der Waals surface area (Å²) in [6.07, 6.45) is 0.282. The molecule has 4 nitrogen and oxygen atoms in total. The molecule has 1 atom stereocenters. The van der Waals surface area contributed by atoms with Gasteiger partial charge in [-0.3, -0.25) is 9.59 Å². The third-order valence-electron chi connectivity index (χ3n) is 2.82. The van der Waals surface area contributed by atoms with E-state index in [4.69, 9.17) is 4.74 Å². The summed E-state index contributed by atoms with van der Waals surface area (Å²) in [5, 5.41) is 2.80. The van der Waals surface area contributed by atoms with Crippen molar-refractivity contribution in [3.63, 3.8) is 0 Å². The fraction of sp³-hybridized carbons (Fsp3) is 0.385. The minimum Gasteiger partial charge on any atom is -0.371 e. The average molecular weight is 233 g/mol. The van der Waals surface area contributed by atoms with E-state index in [9.17, 15) is 9.59 Å². The number of hydrogen-bond acceptors (Lipinski definition) is 3. The van der Waals surface area contributed by atoms with Gasteiger partial charge in [-0.2, -0.15) is 0 Å². The molecule has 0 saturated carbocycles. The van der Waals surface area contributed by atoms with Gasteiger partial charge in [0.05, 0.1) is 12.7 Å². The van der Waals surface area contributed by atoms with Crippen LogP contribution in [-0.4, -0.2) is 24.8 Å². The van der Waals surface area contributed by atoms with Crippen molar-refractivity contribution in [3.8, 4) is 0 Å². The van der Waals surface area contributed by atoms with E-state index in [0.29, 0.717) is 25.1 Å². The van der Waals surface area contributed by atoms with E-state index in [1.54, 1.807) is 12.1 Å². The molecule has 1 unspecified atom stereocenters. The van der Waals surface area contributed by atoms with Crippen LogP contribution in [0.4, 0.5) is 0 Å². The Morgan fingerprint density at radius 2 is 2.06 bits per heavy atom. The first-order valence-electron chi connectivity index (χ1n) is 5.66. The molecule has 90 valence electrons. The van der Waals surface area contributed by atoms with Gasteiger partial charge in [-0.15, -0.1) is 0 Å². The zero-order valence-electron chi connectivity index (χ0n) is 9.73. The SMILES string of the molecule is CC(=O)c1ccc(C2CNC(=O)CCO2)cc1. The highest BCUT2D eigenvalue weighted by molar-refractivity contribution is 5.94. The summed E-state index contributed by atoms with van der Waals surface area (Å²) in [6.45, 7) is 2.46. The molecular weight excluding hydrogens is 218 g/mol. The molecule has 1 aliphatic heterocycles. The summed E-state index contributed by atoms with van der Waals surface area (Å²) in [4.78, 5) is 22.3. The fourth-order valence-corrected chi connectivity index (χ4v) is 1.79. The lowest BCUT2D eigenvalue weighted by molar-refractivity contribution is -0.120. The van der Waals surface area contributed by atoms with Crippen LogP contribution >= 0.6 is 0 Å². The monoisotopic (exact) mass is 233 g/mol. The van der Waals surface area contributed by atoms with Crippen LogP contribution in [0.3, 0.4) is 0 Å². The maximum Gasteiger partial charge on any atom is 0.222 e. The number of hydrogen-bond donors (Lipinski definition) is 1. The summed E-state index contributed by atoms with van der Waals surface area (Å²) in [7, 11) is 0. The van der Waals surface area contributed by atoms with E-state index in [2.05, 4.69) is 5.32 Å². The van der Waals surface area contributed by atoms with Gasteiger partial charge in [-0.1, -0.05) is 24.3 Å². The van der Waals surface area contributed by atoms with Gasteiger partial charge in [-0.25, -0.2) is 0 Å². The van der Waals surface area contributed by atoms with E-state index in [-0.39, 0.29) is 17.8 Å². The highest BCUT2D eigenvalue weighted by atomic mass is 16.5. The molecule has 0 aliphatic carbocycles. The Hall–Kier alpha value is -1.68. The molecule has 0 aromatic heterocycles. The van der Waals surface area contributed by atoms with Crippen molar-refractivity contribution < 1.29 is 14.3 Å². The number of Topliss-reactive ketones (excluding diaryl/α,β-unsaturated/α-hetero) is 1. The van der Waals surface area contributed by atoms with Crippen molar-refractivity contribution in [2.75, 3.05) is 13.2 Å². The van der Waals surface area contributed by atoms with Crippen molar-refractivity contribution in [2.24, 2.45) is 0 Å². The highest BCUT2D eigenvalue weighted by Crippen LogP contribution is 2.19. The van der Waals surface area contributed by atoms with Gasteiger partial charge in [0.15, 0.2) is 5.78 Å². The molecule has 1 aliphatic rings. The molecule has 4 heteroatoms. The van der Waals surface area contributed by atoms with Gasteiger partial charge < -0.3 is 10.1 Å². The first kappa shape index (κ1) is 11.8. The van der Waals surface area contributed by atoms with E-state index in [0.717, 1.165) is 5.56 Å². The standard InChI is InChI=1S/C13H15NO3/c1-9(15)10-2-4-11(5-3-10)12-8-14-13(16)6-7-17-12/h2-5,12H,6-8H2,1H3,(H,14,16). The predicted octanol–water partition coefficient (Wildman–Crippen LogP) is 1.47. The van der Waals surface area contributed by atoms with Gasteiger partial charge in [0.1, 0.15) is 0 Å². The number of carbonyl (C=O) groups excluding carboxylic acids is 2. The smallest absolute Gasteiger partial charge is 0.222 e. The third kappa shape index (κ3) is 2.91. The van der Waals surface area contributed by atoms with Gasteiger partial charge in [0.25, 0.3) is 0 Å². The van der Waals surface area contributed by atoms with Crippen LogP contribution in [0, 0.1) is 0 Å². The number of rotatable bonds is 2. The summed E-state index contributed by atoms with van der Waals surface area (Å²) < 4.78 is 5.59. The van der Waals surface area contributed by atoms with Crippen molar-refractivity contribution in [1.29, 1.82) is 0 Å². The second-order valence-electron chi connectivity index (χ2n) is 4.09. The summed E-state index contributed by atoms with van der Waals surface area (Å²) in [5.41, 5.74) is 1.67. The Bertz CT molecular complexity index is 425. The third-order valence-corrected chi connectivity index (χ3v) is 2.82. The normalized spacial score (nSPS) is 20.5. The number of ketones is 1. The largest absolute Gasteiger partial charge is 0.371 e. The molecule has 1 aromatic carbocycles. The van der Waals surface area contributed by atoms with Crippen LogP contribution in [0.2, 0.25) is 0 Å². The molecule has 1 N–H and O–H groups in total. The van der Waals surface area contributed by atoms with Gasteiger partial charge in [-0.05, 0) is 12.5 Å². The zero-order valence-corrected chi connectivity index (χ0v) is 9.73. The van der Waals surface area contributed by atoms with E-state index >= 15 is 0 Å². The predicted molar refractivity (Wildman–Crippen MR) is 62.8 cm³/mol. The second kappa shape index (κ2) is 5.10. The van der Waals surface area contributed by atoms with Crippen molar-refractivity contribution in [2.45, 2.75) is 19.4 Å². The summed E-state index contributed by atoms with van der Waals surface area (Å²) >= 11 is 0. The Morgan fingerprint density at radius 3 is 2.71 bits per heavy atom. The van der Waals surface area contributed by atoms with Crippen molar-refractivity contribution in [3.05, 3.63) is 35.4 Å². The van der Waals surface area contributed by atoms with Crippen molar-refractivity contribution >= 4 is 11.7 Å². The lowest BCUT2D eigenvalue weighted by atomic mass is 10.1. The Kier molecular flexibility index (Phi) is 3.54. The summed E-state index contributed by atoms with van der Waals surface area (Å²) in [5.74, 6) is 0.0690. The number of ether oxygens (including phenoxy) is 1. The van der Waals surface area contributed by atoms with Crippen LogP contribution in [0.15, 0.2) is 24.3 Å². The maximum absolute atomic E-state index is 11.2. The van der Waals surface area contributed by atoms with Crippen molar-refractivity contribution in [1.82, 2.24) is 5.32 Å². The average Bonchev–Trinajstić information content (AvgIpc) is 2.54. The first-order chi connectivity index (χ1) is 8.16. The molecular formula is C13H15NO3. The van der Waals surface area contributed by atoms with Gasteiger partial charge >= 0.3 is 0 Å². The molecule has 1 heterocycles. The lowest BCUT2D eigenvalue weighted by Gasteiger charge is -2.15. The number of carbonyl (C=O) groups is 2. The minimum atomic E-state index is -0.123. The second-order valence-corrected chi connectivity index (χ2v) is 4.09. The molecule has 0 bridgehead atoms. The molecule has 1 saturated heterocycles. The maximum atomic E-state index is 11.2.